The van der Waals surface area contributed by atoms with Gasteiger partial charge in [0, 0.05) is 11.6 Å². The average Bonchev–Trinajstić information content (AvgIpc) is 3.26. The SMILES string of the molecule is COc1cc(C=NN=C2NC(=O)C(CC(=O)O)S2)c(Cl)cc1OC1CCCC1. The van der Waals surface area contributed by atoms with Crippen LogP contribution < -0.4 is 14.8 Å². The van der Waals surface area contributed by atoms with E-state index in [9.17, 15) is 9.59 Å². The summed E-state index contributed by atoms with van der Waals surface area (Å²) in [5.74, 6) is -0.292. The highest BCUT2D eigenvalue weighted by Crippen LogP contribution is 2.35. The summed E-state index contributed by atoms with van der Waals surface area (Å²) in [6.07, 6.45) is 5.71. The van der Waals surface area contributed by atoms with Crippen LogP contribution in [-0.4, -0.2) is 46.8 Å². The van der Waals surface area contributed by atoms with Crippen molar-refractivity contribution in [2.24, 2.45) is 10.2 Å². The number of nitrogens with one attached hydrogen (secondary N) is 1. The number of benzene rings is 1. The van der Waals surface area contributed by atoms with E-state index in [1.165, 1.54) is 6.21 Å². The Bertz CT molecular complexity index is 824. The van der Waals surface area contributed by atoms with Crippen molar-refractivity contribution in [3.8, 4) is 11.5 Å². The summed E-state index contributed by atoms with van der Waals surface area (Å²) in [6.45, 7) is 0. The number of carbonyl (C=O) groups excluding carboxylic acids is 1. The van der Waals surface area contributed by atoms with Gasteiger partial charge in [-0.15, -0.1) is 5.10 Å². The number of ether oxygens (including phenoxy) is 2. The van der Waals surface area contributed by atoms with Gasteiger partial charge in [-0.2, -0.15) is 5.10 Å². The number of hydrogen-bond donors (Lipinski definition) is 2. The Labute approximate surface area is 171 Å². The van der Waals surface area contributed by atoms with Crippen molar-refractivity contribution in [1.82, 2.24) is 5.32 Å². The number of amides is 1. The molecular weight excluding hydrogens is 406 g/mol. The molecule has 1 saturated heterocycles. The summed E-state index contributed by atoms with van der Waals surface area (Å²) in [5, 5.41) is 19.1. The first kappa shape index (κ1) is 20.5. The normalized spacial score (nSPS) is 21.4. The number of carboxylic acids is 1. The maximum absolute atomic E-state index is 11.7. The Balaban J connectivity index is 1.69. The van der Waals surface area contributed by atoms with E-state index in [2.05, 4.69) is 15.5 Å². The molecule has 1 aliphatic carbocycles. The Morgan fingerprint density at radius 2 is 2.14 bits per heavy atom. The largest absolute Gasteiger partial charge is 0.493 e. The minimum atomic E-state index is -1.05. The highest BCUT2D eigenvalue weighted by molar-refractivity contribution is 8.15. The minimum Gasteiger partial charge on any atom is -0.493 e. The molecule has 2 fully saturated rings. The predicted molar refractivity (Wildman–Crippen MR) is 108 cm³/mol. The van der Waals surface area contributed by atoms with Crippen LogP contribution in [0.5, 0.6) is 11.5 Å². The third-order valence-corrected chi connectivity index (χ3v) is 5.76. The zero-order valence-electron chi connectivity index (χ0n) is 15.2. The smallest absolute Gasteiger partial charge is 0.305 e. The van der Waals surface area contributed by atoms with E-state index in [-0.39, 0.29) is 17.7 Å². The number of carbonyl (C=O) groups is 2. The summed E-state index contributed by atoms with van der Waals surface area (Å²) in [7, 11) is 1.55. The van der Waals surface area contributed by atoms with E-state index < -0.39 is 17.1 Å². The molecule has 28 heavy (non-hydrogen) atoms. The fourth-order valence-corrected chi connectivity index (χ4v) is 4.09. The van der Waals surface area contributed by atoms with Gasteiger partial charge >= 0.3 is 5.97 Å². The second-order valence-electron chi connectivity index (χ2n) is 6.39. The van der Waals surface area contributed by atoms with Crippen molar-refractivity contribution in [1.29, 1.82) is 0 Å². The van der Waals surface area contributed by atoms with Crippen LogP contribution in [0.4, 0.5) is 0 Å². The number of aliphatic carboxylic acids is 1. The third kappa shape index (κ3) is 5.17. The lowest BCUT2D eigenvalue weighted by Gasteiger charge is -2.16. The topological polar surface area (TPSA) is 110 Å². The molecule has 1 unspecified atom stereocenters. The molecular formula is C18H20ClN3O5S. The van der Waals surface area contributed by atoms with E-state index in [0.717, 1.165) is 37.4 Å². The van der Waals surface area contributed by atoms with E-state index in [1.54, 1.807) is 19.2 Å². The summed E-state index contributed by atoms with van der Waals surface area (Å²) in [5.41, 5.74) is 0.582. The number of carboxylic acid groups (broad SMARTS) is 1. The molecule has 0 aromatic heterocycles. The summed E-state index contributed by atoms with van der Waals surface area (Å²) in [4.78, 5) is 22.4. The number of nitrogens with zero attached hydrogens (tertiary/aromatic N) is 2. The molecule has 2 aliphatic rings. The molecule has 2 N–H and O–H groups in total. The summed E-state index contributed by atoms with van der Waals surface area (Å²) < 4.78 is 11.4. The van der Waals surface area contributed by atoms with Crippen LogP contribution in [0, 0.1) is 0 Å². The van der Waals surface area contributed by atoms with Gasteiger partial charge in [0.05, 0.1) is 30.9 Å². The van der Waals surface area contributed by atoms with Gasteiger partial charge in [0.25, 0.3) is 0 Å². The lowest BCUT2D eigenvalue weighted by atomic mass is 10.2. The molecule has 10 heteroatoms. The second-order valence-corrected chi connectivity index (χ2v) is 7.99. The quantitative estimate of drug-likeness (QED) is 0.513. The number of hydrogen-bond acceptors (Lipinski definition) is 7. The Kier molecular flexibility index (Phi) is 6.79. The monoisotopic (exact) mass is 425 g/mol. The molecule has 0 bridgehead atoms. The van der Waals surface area contributed by atoms with Gasteiger partial charge in [-0.25, -0.2) is 0 Å². The molecule has 1 atom stereocenters. The van der Waals surface area contributed by atoms with Gasteiger partial charge in [-0.3, -0.25) is 9.59 Å². The van der Waals surface area contributed by atoms with Crippen molar-refractivity contribution >= 4 is 46.6 Å². The van der Waals surface area contributed by atoms with Gasteiger partial charge in [0.1, 0.15) is 5.25 Å². The standard InChI is InChI=1S/C18H20ClN3O5S/c1-26-13-6-10(12(19)7-14(13)27-11-4-2-3-5-11)9-20-22-18-21-17(25)15(28-18)8-16(23)24/h6-7,9,11,15H,2-5,8H2,1H3,(H,23,24)(H,21,22,25). The first-order chi connectivity index (χ1) is 13.5. The molecule has 1 aromatic rings. The van der Waals surface area contributed by atoms with Gasteiger partial charge in [-0.05, 0) is 31.7 Å². The van der Waals surface area contributed by atoms with E-state index in [1.807, 2.05) is 0 Å². The van der Waals surface area contributed by atoms with Crippen LogP contribution in [0.3, 0.4) is 0 Å². The lowest BCUT2D eigenvalue weighted by Crippen LogP contribution is -2.26. The third-order valence-electron chi connectivity index (χ3n) is 4.36. The number of thioether (sulfide) groups is 1. The van der Waals surface area contributed by atoms with Crippen LogP contribution in [0.2, 0.25) is 5.02 Å². The second kappa shape index (κ2) is 9.29. The maximum atomic E-state index is 11.7. The van der Waals surface area contributed by atoms with Crippen molar-refractivity contribution in [3.63, 3.8) is 0 Å². The fraction of sp³-hybridized carbons (Fsp3) is 0.444. The van der Waals surface area contributed by atoms with Gasteiger partial charge in [0.15, 0.2) is 16.7 Å². The van der Waals surface area contributed by atoms with Crippen LogP contribution in [0.1, 0.15) is 37.7 Å². The number of methoxy groups -OCH3 is 1. The van der Waals surface area contributed by atoms with Crippen molar-refractivity contribution < 1.29 is 24.2 Å². The number of rotatable bonds is 7. The first-order valence-corrected chi connectivity index (χ1v) is 10.1. The molecule has 3 rings (SSSR count). The molecule has 1 amide bonds. The molecule has 0 radical (unpaired) electrons. The highest BCUT2D eigenvalue weighted by atomic mass is 35.5. The van der Waals surface area contributed by atoms with Crippen LogP contribution in [0.15, 0.2) is 22.3 Å². The maximum Gasteiger partial charge on any atom is 0.305 e. The Morgan fingerprint density at radius 3 is 2.82 bits per heavy atom. The van der Waals surface area contributed by atoms with Crippen molar-refractivity contribution in [3.05, 3.63) is 22.7 Å². The number of amidine groups is 1. The molecule has 150 valence electrons. The molecule has 8 nitrogen and oxygen atoms in total. The van der Waals surface area contributed by atoms with Crippen LogP contribution in [0.25, 0.3) is 0 Å². The zero-order valence-corrected chi connectivity index (χ0v) is 16.8. The van der Waals surface area contributed by atoms with E-state index in [0.29, 0.717) is 22.1 Å². The molecule has 1 heterocycles. The lowest BCUT2D eigenvalue weighted by molar-refractivity contribution is -0.138. The zero-order chi connectivity index (χ0) is 20.1. The Morgan fingerprint density at radius 1 is 1.39 bits per heavy atom. The van der Waals surface area contributed by atoms with E-state index >= 15 is 0 Å². The van der Waals surface area contributed by atoms with Gasteiger partial charge in [-0.1, -0.05) is 23.4 Å². The summed E-state index contributed by atoms with van der Waals surface area (Å²) >= 11 is 7.36. The van der Waals surface area contributed by atoms with Crippen molar-refractivity contribution in [2.75, 3.05) is 7.11 Å². The van der Waals surface area contributed by atoms with Crippen molar-refractivity contribution in [2.45, 2.75) is 43.5 Å². The fourth-order valence-electron chi connectivity index (χ4n) is 2.98. The average molecular weight is 426 g/mol. The minimum absolute atomic E-state index is 0.178. The predicted octanol–water partition coefficient (Wildman–Crippen LogP) is 3.07. The molecule has 1 aromatic carbocycles. The molecule has 1 saturated carbocycles. The number of halogens is 1. The molecule has 0 spiro atoms. The highest BCUT2D eigenvalue weighted by Gasteiger charge is 2.32. The first-order valence-electron chi connectivity index (χ1n) is 8.81. The van der Waals surface area contributed by atoms with Crippen LogP contribution >= 0.6 is 23.4 Å². The Hall–Kier alpha value is -2.26. The summed E-state index contributed by atoms with van der Waals surface area (Å²) in [6, 6.07) is 3.41. The van der Waals surface area contributed by atoms with Gasteiger partial charge < -0.3 is 19.9 Å². The van der Waals surface area contributed by atoms with E-state index in [4.69, 9.17) is 26.2 Å². The molecule has 1 aliphatic heterocycles. The van der Waals surface area contributed by atoms with Gasteiger partial charge in [0.2, 0.25) is 5.91 Å². The van der Waals surface area contributed by atoms with Crippen LogP contribution in [-0.2, 0) is 9.59 Å².